The van der Waals surface area contributed by atoms with E-state index in [0.29, 0.717) is 5.56 Å². The van der Waals surface area contributed by atoms with Crippen LogP contribution >= 0.6 is 11.6 Å². The summed E-state index contributed by atoms with van der Waals surface area (Å²) < 4.78 is 50.6. The van der Waals surface area contributed by atoms with Gasteiger partial charge in [0.2, 0.25) is 5.91 Å². The molecule has 1 N–H and O–H groups in total. The van der Waals surface area contributed by atoms with E-state index >= 15 is 0 Å². The largest absolute Gasteiger partial charge is 0.416 e. The maximum absolute atomic E-state index is 12.8. The molecule has 1 amide bonds. The van der Waals surface area contributed by atoms with Crippen molar-refractivity contribution in [2.24, 2.45) is 0 Å². The summed E-state index contributed by atoms with van der Waals surface area (Å²) in [6.07, 6.45) is -4.63. The molecule has 0 saturated carbocycles. The molecule has 0 aliphatic carbocycles. The van der Waals surface area contributed by atoms with Gasteiger partial charge in [0.1, 0.15) is 5.82 Å². The first-order valence-electron chi connectivity index (χ1n) is 6.17. The van der Waals surface area contributed by atoms with Crippen LogP contribution in [0.15, 0.2) is 42.5 Å². The third kappa shape index (κ3) is 4.21. The van der Waals surface area contributed by atoms with Crippen LogP contribution in [0.2, 0.25) is 5.02 Å². The van der Waals surface area contributed by atoms with Gasteiger partial charge in [-0.2, -0.15) is 13.2 Å². The summed E-state index contributed by atoms with van der Waals surface area (Å²) in [6, 6.07) is 7.89. The molecule has 2 nitrogen and oxygen atoms in total. The molecule has 2 aromatic rings. The first-order valence-corrected chi connectivity index (χ1v) is 6.54. The van der Waals surface area contributed by atoms with E-state index in [1.165, 1.54) is 24.3 Å². The summed E-state index contributed by atoms with van der Waals surface area (Å²) in [5.41, 5.74) is -0.500. The number of carbonyl (C=O) groups excluding carboxylic acids is 1. The molecule has 0 aliphatic heterocycles. The molecule has 7 heteroatoms. The van der Waals surface area contributed by atoms with Gasteiger partial charge in [-0.15, -0.1) is 0 Å². The van der Waals surface area contributed by atoms with E-state index in [1.807, 2.05) is 0 Å². The highest BCUT2D eigenvalue weighted by molar-refractivity contribution is 6.33. The van der Waals surface area contributed by atoms with E-state index < -0.39 is 23.5 Å². The fraction of sp³-hybridized carbons (Fsp3) is 0.133. The van der Waals surface area contributed by atoms with Crippen LogP contribution in [0, 0.1) is 5.82 Å². The lowest BCUT2D eigenvalue weighted by Gasteiger charge is -2.11. The molecule has 0 saturated heterocycles. The van der Waals surface area contributed by atoms with Gasteiger partial charge in [-0.1, -0.05) is 23.7 Å². The zero-order chi connectivity index (χ0) is 16.3. The fourth-order valence-corrected chi connectivity index (χ4v) is 1.94. The van der Waals surface area contributed by atoms with Gasteiger partial charge >= 0.3 is 6.18 Å². The quantitative estimate of drug-likeness (QED) is 0.813. The molecule has 116 valence electrons. The maximum Gasteiger partial charge on any atom is 0.416 e. The van der Waals surface area contributed by atoms with Crippen molar-refractivity contribution in [3.05, 3.63) is 64.4 Å². The van der Waals surface area contributed by atoms with Gasteiger partial charge < -0.3 is 5.32 Å². The van der Waals surface area contributed by atoms with Gasteiger partial charge in [0.15, 0.2) is 0 Å². The van der Waals surface area contributed by atoms with Crippen molar-refractivity contribution < 1.29 is 22.4 Å². The molecule has 0 aliphatic rings. The SMILES string of the molecule is O=C(Cc1ccc(F)cc1)Nc1cc(C(F)(F)F)ccc1Cl. The number of halogens is 5. The fourth-order valence-electron chi connectivity index (χ4n) is 1.78. The van der Waals surface area contributed by atoms with Crippen LogP contribution < -0.4 is 5.32 Å². The van der Waals surface area contributed by atoms with Crippen LogP contribution in [-0.4, -0.2) is 5.91 Å². The number of benzene rings is 2. The van der Waals surface area contributed by atoms with Crippen LogP contribution in [0.25, 0.3) is 0 Å². The summed E-state index contributed by atoms with van der Waals surface area (Å²) in [4.78, 5) is 11.8. The van der Waals surface area contributed by atoms with Gasteiger partial charge in [-0.3, -0.25) is 4.79 Å². The zero-order valence-corrected chi connectivity index (χ0v) is 11.8. The standard InChI is InChI=1S/C15H10ClF4NO/c16-12-6-3-10(15(18,19)20)8-13(12)21-14(22)7-9-1-4-11(17)5-2-9/h1-6,8H,7H2,(H,21,22). The van der Waals surface area contributed by atoms with E-state index in [1.54, 1.807) is 0 Å². The molecule has 2 aromatic carbocycles. The topological polar surface area (TPSA) is 29.1 Å². The molecule has 22 heavy (non-hydrogen) atoms. The lowest BCUT2D eigenvalue weighted by Crippen LogP contribution is -2.15. The molecular weight excluding hydrogens is 322 g/mol. The normalized spacial score (nSPS) is 11.3. The van der Waals surface area contributed by atoms with Crippen molar-refractivity contribution >= 4 is 23.2 Å². The number of nitrogens with one attached hydrogen (secondary N) is 1. The highest BCUT2D eigenvalue weighted by Crippen LogP contribution is 2.33. The summed E-state index contributed by atoms with van der Waals surface area (Å²) in [7, 11) is 0. The minimum absolute atomic E-state index is 0.000422. The number of hydrogen-bond acceptors (Lipinski definition) is 1. The second-order valence-corrected chi connectivity index (χ2v) is 4.95. The van der Waals surface area contributed by atoms with Crippen molar-refractivity contribution in [3.63, 3.8) is 0 Å². The average Bonchev–Trinajstić information content (AvgIpc) is 2.42. The van der Waals surface area contributed by atoms with E-state index in [9.17, 15) is 22.4 Å². The molecule has 2 rings (SSSR count). The molecule has 0 radical (unpaired) electrons. The summed E-state index contributed by atoms with van der Waals surface area (Å²) in [5, 5.41) is 2.32. The monoisotopic (exact) mass is 331 g/mol. The molecule has 0 atom stereocenters. The van der Waals surface area contributed by atoms with Crippen LogP contribution in [-0.2, 0) is 17.4 Å². The number of hydrogen-bond donors (Lipinski definition) is 1. The van der Waals surface area contributed by atoms with Crippen molar-refractivity contribution in [3.8, 4) is 0 Å². The Morgan fingerprint density at radius 2 is 1.73 bits per heavy atom. The molecule has 0 bridgehead atoms. The van der Waals surface area contributed by atoms with E-state index in [2.05, 4.69) is 5.32 Å². The first-order chi connectivity index (χ1) is 10.3. The van der Waals surface area contributed by atoms with E-state index in [-0.39, 0.29) is 17.1 Å². The number of rotatable bonds is 3. The van der Waals surface area contributed by atoms with Gasteiger partial charge in [-0.25, -0.2) is 4.39 Å². The lowest BCUT2D eigenvalue weighted by molar-refractivity contribution is -0.137. The Bertz CT molecular complexity index is 683. The number of anilines is 1. The molecule has 0 spiro atoms. The second-order valence-electron chi connectivity index (χ2n) is 4.54. The smallest absolute Gasteiger partial charge is 0.324 e. The highest BCUT2D eigenvalue weighted by atomic mass is 35.5. The first kappa shape index (κ1) is 16.3. The Labute approximate surface area is 128 Å². The zero-order valence-electron chi connectivity index (χ0n) is 11.0. The Morgan fingerprint density at radius 3 is 2.32 bits per heavy atom. The average molecular weight is 332 g/mol. The number of amides is 1. The number of alkyl halides is 3. The van der Waals surface area contributed by atoms with Crippen LogP contribution in [0.5, 0.6) is 0 Å². The number of carbonyl (C=O) groups is 1. The van der Waals surface area contributed by atoms with Gasteiger partial charge in [0, 0.05) is 0 Å². The van der Waals surface area contributed by atoms with Crippen LogP contribution in [0.4, 0.5) is 23.2 Å². The summed E-state index contributed by atoms with van der Waals surface area (Å²) in [5.74, 6) is -0.988. The predicted molar refractivity (Wildman–Crippen MR) is 75.2 cm³/mol. The molecule has 0 unspecified atom stereocenters. The third-order valence-electron chi connectivity index (χ3n) is 2.85. The molecule has 0 aromatic heterocycles. The lowest BCUT2D eigenvalue weighted by atomic mass is 10.1. The Balaban J connectivity index is 2.12. The van der Waals surface area contributed by atoms with Crippen molar-refractivity contribution in [2.45, 2.75) is 12.6 Å². The Morgan fingerprint density at radius 1 is 1.09 bits per heavy atom. The minimum atomic E-state index is -4.53. The summed E-state index contributed by atoms with van der Waals surface area (Å²) in [6.45, 7) is 0. The van der Waals surface area contributed by atoms with Gasteiger partial charge in [0.25, 0.3) is 0 Å². The molecular formula is C15H10ClF4NO. The van der Waals surface area contributed by atoms with Crippen LogP contribution in [0.3, 0.4) is 0 Å². The van der Waals surface area contributed by atoms with Gasteiger partial charge in [-0.05, 0) is 35.9 Å². The molecule has 0 heterocycles. The van der Waals surface area contributed by atoms with Crippen molar-refractivity contribution in [1.29, 1.82) is 0 Å². The molecule has 0 fully saturated rings. The van der Waals surface area contributed by atoms with E-state index in [0.717, 1.165) is 18.2 Å². The van der Waals surface area contributed by atoms with Crippen molar-refractivity contribution in [1.82, 2.24) is 0 Å². The van der Waals surface area contributed by atoms with Gasteiger partial charge in [0.05, 0.1) is 22.7 Å². The predicted octanol–water partition coefficient (Wildman–Crippen LogP) is 4.68. The maximum atomic E-state index is 12.8. The summed E-state index contributed by atoms with van der Waals surface area (Å²) >= 11 is 5.78. The Hall–Kier alpha value is -2.08. The van der Waals surface area contributed by atoms with Crippen molar-refractivity contribution in [2.75, 3.05) is 5.32 Å². The Kier molecular flexibility index (Phi) is 4.71. The van der Waals surface area contributed by atoms with E-state index in [4.69, 9.17) is 11.6 Å². The third-order valence-corrected chi connectivity index (χ3v) is 3.18. The minimum Gasteiger partial charge on any atom is -0.324 e. The highest BCUT2D eigenvalue weighted by Gasteiger charge is 2.31. The second kappa shape index (κ2) is 6.36. The van der Waals surface area contributed by atoms with Crippen LogP contribution in [0.1, 0.15) is 11.1 Å².